The summed E-state index contributed by atoms with van der Waals surface area (Å²) >= 11 is 0. The lowest BCUT2D eigenvalue weighted by molar-refractivity contribution is -0.158. The van der Waals surface area contributed by atoms with Crippen molar-refractivity contribution in [1.29, 1.82) is 0 Å². The van der Waals surface area contributed by atoms with Crippen LogP contribution in [0.2, 0.25) is 0 Å². The van der Waals surface area contributed by atoms with Gasteiger partial charge in [-0.05, 0) is 107 Å². The van der Waals surface area contributed by atoms with Gasteiger partial charge in [-0.25, -0.2) is 0 Å². The van der Waals surface area contributed by atoms with Crippen LogP contribution in [-0.4, -0.2) is 60.1 Å². The molecule has 2 saturated carbocycles. The number of hydrogen-bond acceptors (Lipinski definition) is 5. The molecule has 0 aromatic rings. The summed E-state index contributed by atoms with van der Waals surface area (Å²) in [7, 11) is 3.63. The Morgan fingerprint density at radius 2 is 1.62 bits per heavy atom. The molecular weight excluding hydrogens is 500 g/mol. The summed E-state index contributed by atoms with van der Waals surface area (Å²) < 4.78 is 18.7. The number of methoxy groups -OCH3 is 2. The second-order valence-corrected chi connectivity index (χ2v) is 16.3. The second-order valence-electron chi connectivity index (χ2n) is 16.3. The van der Waals surface area contributed by atoms with Crippen molar-refractivity contribution in [2.75, 3.05) is 14.2 Å². The van der Waals surface area contributed by atoms with E-state index in [1.807, 2.05) is 7.11 Å². The molecule has 1 aliphatic heterocycles. The van der Waals surface area contributed by atoms with Gasteiger partial charge >= 0.3 is 0 Å². The maximum atomic E-state index is 11.9. The van der Waals surface area contributed by atoms with Gasteiger partial charge in [-0.1, -0.05) is 60.3 Å². The summed E-state index contributed by atoms with van der Waals surface area (Å²) in [6.45, 7) is 18.1. The fourth-order valence-electron chi connectivity index (χ4n) is 8.75. The number of ether oxygens (including phenoxy) is 3. The summed E-state index contributed by atoms with van der Waals surface area (Å²) in [5, 5.41) is 23.2. The van der Waals surface area contributed by atoms with Crippen LogP contribution in [0.25, 0.3) is 0 Å². The summed E-state index contributed by atoms with van der Waals surface area (Å²) in [5.41, 5.74) is -0.498. The molecule has 40 heavy (non-hydrogen) atoms. The van der Waals surface area contributed by atoms with Gasteiger partial charge in [0.2, 0.25) is 0 Å². The molecule has 5 heteroatoms. The smallest absolute Gasteiger partial charge is 0.0883 e. The minimum absolute atomic E-state index is 0.0905. The maximum Gasteiger partial charge on any atom is 0.0883 e. The van der Waals surface area contributed by atoms with E-state index in [2.05, 4.69) is 55.4 Å². The van der Waals surface area contributed by atoms with E-state index in [4.69, 9.17) is 14.2 Å². The Labute approximate surface area is 247 Å². The first-order valence-corrected chi connectivity index (χ1v) is 16.7. The Kier molecular flexibility index (Phi) is 11.3. The van der Waals surface area contributed by atoms with E-state index < -0.39 is 6.10 Å². The van der Waals surface area contributed by atoms with Gasteiger partial charge in [0.25, 0.3) is 0 Å². The summed E-state index contributed by atoms with van der Waals surface area (Å²) in [6.07, 6.45) is 14.3. The highest BCUT2D eigenvalue weighted by Gasteiger charge is 2.55. The Morgan fingerprint density at radius 1 is 0.925 bits per heavy atom. The number of unbranched alkanes of at least 4 members (excludes halogenated alkanes) is 1. The van der Waals surface area contributed by atoms with Gasteiger partial charge in [0.15, 0.2) is 0 Å². The standard InChI is InChI=1S/C35H66O5/c1-11-12-18-33(6)19-14-13-15-29(37)31(2,3)25(22-33)27(36)16-20-34(7)23-26(28(24-34)38-9)35(8)21-17-30(40-35)32(4,5)39-10/h25-30,36-37H,11-24H2,1-10H3/t25-,26?,27-,28?,29?,30?,33?,34-,35+/m0/s1. The molecule has 3 fully saturated rings. The van der Waals surface area contributed by atoms with Gasteiger partial charge < -0.3 is 24.4 Å². The van der Waals surface area contributed by atoms with E-state index in [0.717, 1.165) is 57.8 Å². The highest BCUT2D eigenvalue weighted by molar-refractivity contribution is 5.05. The lowest BCUT2D eigenvalue weighted by atomic mass is 9.62. The molecule has 0 radical (unpaired) electrons. The van der Waals surface area contributed by atoms with E-state index in [-0.39, 0.29) is 51.7 Å². The zero-order valence-corrected chi connectivity index (χ0v) is 28.0. The average molecular weight is 567 g/mol. The summed E-state index contributed by atoms with van der Waals surface area (Å²) in [4.78, 5) is 0. The highest BCUT2D eigenvalue weighted by Crippen LogP contribution is 2.55. The van der Waals surface area contributed by atoms with E-state index in [1.165, 1.54) is 32.1 Å². The van der Waals surface area contributed by atoms with Crippen LogP contribution in [0.15, 0.2) is 0 Å². The maximum absolute atomic E-state index is 11.9. The molecule has 3 rings (SSSR count). The highest BCUT2D eigenvalue weighted by atomic mass is 16.6. The molecule has 5 unspecified atom stereocenters. The van der Waals surface area contributed by atoms with Crippen molar-refractivity contribution in [3.05, 3.63) is 0 Å². The van der Waals surface area contributed by atoms with E-state index in [0.29, 0.717) is 5.92 Å². The molecule has 3 aliphatic rings. The third-order valence-corrected chi connectivity index (χ3v) is 12.2. The predicted molar refractivity (Wildman–Crippen MR) is 164 cm³/mol. The molecule has 1 saturated heterocycles. The first-order valence-electron chi connectivity index (χ1n) is 16.7. The van der Waals surface area contributed by atoms with Crippen molar-refractivity contribution >= 4 is 0 Å². The second kappa shape index (κ2) is 13.2. The first kappa shape index (κ1) is 34.3. The lowest BCUT2D eigenvalue weighted by Gasteiger charge is -2.45. The SMILES string of the molecule is CCCCC1(C)CCCCC(O)C(C)(C)[C@H]([C@@H](O)CC[C@]2(C)CC(OC)C([C@@]3(C)CCC(C(C)(C)OC)O3)C2)C1. The van der Waals surface area contributed by atoms with Crippen LogP contribution >= 0.6 is 0 Å². The van der Waals surface area contributed by atoms with Crippen molar-refractivity contribution in [2.24, 2.45) is 28.1 Å². The number of rotatable bonds is 11. The van der Waals surface area contributed by atoms with Crippen LogP contribution in [0, 0.1) is 28.1 Å². The van der Waals surface area contributed by atoms with Crippen LogP contribution in [0.4, 0.5) is 0 Å². The Bertz CT molecular complexity index is 797. The number of aliphatic hydroxyl groups is 2. The largest absolute Gasteiger partial charge is 0.393 e. The Hall–Kier alpha value is -0.200. The van der Waals surface area contributed by atoms with Crippen molar-refractivity contribution in [1.82, 2.24) is 0 Å². The van der Waals surface area contributed by atoms with Crippen LogP contribution in [0.1, 0.15) is 145 Å². The van der Waals surface area contributed by atoms with Crippen molar-refractivity contribution in [2.45, 2.75) is 181 Å². The first-order chi connectivity index (χ1) is 18.5. The third kappa shape index (κ3) is 7.65. The molecule has 2 N–H and O–H groups in total. The lowest BCUT2D eigenvalue weighted by Crippen LogP contribution is -2.45. The molecule has 0 bridgehead atoms. The van der Waals surface area contributed by atoms with Crippen molar-refractivity contribution < 1.29 is 24.4 Å². The molecule has 9 atom stereocenters. The van der Waals surface area contributed by atoms with Gasteiger partial charge in [0.05, 0.1) is 35.6 Å². The fraction of sp³-hybridized carbons (Fsp3) is 1.00. The average Bonchev–Trinajstić information content (AvgIpc) is 3.49. The number of aliphatic hydroxyl groups excluding tert-OH is 2. The van der Waals surface area contributed by atoms with Crippen molar-refractivity contribution in [3.63, 3.8) is 0 Å². The van der Waals surface area contributed by atoms with Gasteiger partial charge in [-0.15, -0.1) is 0 Å². The van der Waals surface area contributed by atoms with Crippen LogP contribution in [0.3, 0.4) is 0 Å². The molecule has 0 spiro atoms. The summed E-state index contributed by atoms with van der Waals surface area (Å²) in [5.74, 6) is 0.423. The molecule has 2 aliphatic carbocycles. The minimum Gasteiger partial charge on any atom is -0.393 e. The van der Waals surface area contributed by atoms with Gasteiger partial charge in [-0.3, -0.25) is 0 Å². The van der Waals surface area contributed by atoms with Crippen LogP contribution in [-0.2, 0) is 14.2 Å². The van der Waals surface area contributed by atoms with E-state index in [9.17, 15) is 10.2 Å². The topological polar surface area (TPSA) is 68.2 Å². The molecule has 0 amide bonds. The molecular formula is C35H66O5. The van der Waals surface area contributed by atoms with Crippen LogP contribution < -0.4 is 0 Å². The zero-order chi connectivity index (χ0) is 30.0. The van der Waals surface area contributed by atoms with Crippen molar-refractivity contribution in [3.8, 4) is 0 Å². The molecule has 236 valence electrons. The zero-order valence-electron chi connectivity index (χ0n) is 28.0. The van der Waals surface area contributed by atoms with Gasteiger partial charge in [0, 0.05) is 20.1 Å². The Balaban J connectivity index is 1.73. The molecule has 1 heterocycles. The van der Waals surface area contributed by atoms with E-state index in [1.54, 1.807) is 7.11 Å². The normalized spacial score (nSPS) is 41.9. The third-order valence-electron chi connectivity index (χ3n) is 12.2. The Morgan fingerprint density at radius 3 is 2.25 bits per heavy atom. The van der Waals surface area contributed by atoms with Gasteiger partial charge in [0.1, 0.15) is 0 Å². The summed E-state index contributed by atoms with van der Waals surface area (Å²) in [6, 6.07) is 0. The van der Waals surface area contributed by atoms with Gasteiger partial charge in [-0.2, -0.15) is 0 Å². The minimum atomic E-state index is -0.411. The van der Waals surface area contributed by atoms with Crippen LogP contribution in [0.5, 0.6) is 0 Å². The predicted octanol–water partition coefficient (Wildman–Crippen LogP) is 8.09. The molecule has 0 aromatic heterocycles. The van der Waals surface area contributed by atoms with E-state index >= 15 is 0 Å². The monoisotopic (exact) mass is 566 g/mol. The molecule has 5 nitrogen and oxygen atoms in total. The fourth-order valence-corrected chi connectivity index (χ4v) is 8.75. The quantitative estimate of drug-likeness (QED) is 0.265. The number of hydrogen-bond donors (Lipinski definition) is 2. The molecule has 0 aromatic carbocycles.